The maximum Gasteiger partial charge on any atom is 0.269 e. The van der Waals surface area contributed by atoms with Crippen LogP contribution in [0.3, 0.4) is 0 Å². The molecule has 108 valence electrons. The van der Waals surface area contributed by atoms with Gasteiger partial charge in [-0.1, -0.05) is 24.3 Å². The number of hydrogen-bond donors (Lipinski definition) is 0. The first-order chi connectivity index (χ1) is 9.99. The third kappa shape index (κ3) is 3.45. The number of non-ortho nitro benzene ring substituents is 1. The molecule has 0 saturated carbocycles. The van der Waals surface area contributed by atoms with E-state index in [1.807, 2.05) is 19.1 Å². The zero-order valence-corrected chi connectivity index (χ0v) is 11.8. The topological polar surface area (TPSA) is 69.4 Å². The molecule has 21 heavy (non-hydrogen) atoms. The highest BCUT2D eigenvalue weighted by Crippen LogP contribution is 2.23. The Labute approximate surface area is 122 Å². The number of rotatable bonds is 5. The number of aryl methyl sites for hydroxylation is 2. The van der Waals surface area contributed by atoms with E-state index < -0.39 is 4.92 Å². The van der Waals surface area contributed by atoms with E-state index in [1.165, 1.54) is 18.2 Å². The van der Waals surface area contributed by atoms with Crippen LogP contribution >= 0.6 is 0 Å². The predicted molar refractivity (Wildman–Crippen MR) is 78.8 cm³/mol. The number of nitrogens with zero attached hydrogens (tertiary/aromatic N) is 1. The number of nitro benzene ring substituents is 1. The largest absolute Gasteiger partial charge is 0.485 e. The van der Waals surface area contributed by atoms with Gasteiger partial charge in [0.1, 0.15) is 5.75 Å². The number of carbonyl (C=O) groups excluding carboxylic acids is 1. The van der Waals surface area contributed by atoms with Crippen LogP contribution in [-0.4, -0.2) is 17.3 Å². The minimum Gasteiger partial charge on any atom is -0.485 e. The summed E-state index contributed by atoms with van der Waals surface area (Å²) in [5.41, 5.74) is 2.15. The molecule has 0 spiro atoms. The van der Waals surface area contributed by atoms with E-state index in [0.717, 1.165) is 5.56 Å². The molecule has 0 saturated heterocycles. The van der Waals surface area contributed by atoms with Crippen molar-refractivity contribution in [1.29, 1.82) is 0 Å². The molecule has 0 fully saturated rings. The molecule has 0 amide bonds. The van der Waals surface area contributed by atoms with E-state index >= 15 is 0 Å². The van der Waals surface area contributed by atoms with Gasteiger partial charge in [-0.2, -0.15) is 0 Å². The van der Waals surface area contributed by atoms with Crippen LogP contribution in [0.2, 0.25) is 0 Å². The quantitative estimate of drug-likeness (QED) is 0.479. The van der Waals surface area contributed by atoms with Crippen LogP contribution in [0.4, 0.5) is 5.69 Å². The molecule has 2 aromatic carbocycles. The lowest BCUT2D eigenvalue weighted by Gasteiger charge is -2.09. The SMILES string of the molecule is Cc1cc([N+](=O)[O-])ccc1OCC(=O)c1ccccc1C. The molecule has 0 aliphatic heterocycles. The standard InChI is InChI=1S/C16H15NO4/c1-11-5-3-4-6-14(11)15(18)10-21-16-8-7-13(17(19)20)9-12(16)2/h3-9H,10H2,1-2H3. The lowest BCUT2D eigenvalue weighted by Crippen LogP contribution is -2.13. The van der Waals surface area contributed by atoms with Crippen molar-refractivity contribution in [3.63, 3.8) is 0 Å². The van der Waals surface area contributed by atoms with Crippen molar-refractivity contribution in [3.05, 3.63) is 69.3 Å². The van der Waals surface area contributed by atoms with Crippen molar-refractivity contribution in [3.8, 4) is 5.75 Å². The molecule has 0 radical (unpaired) electrons. The fourth-order valence-electron chi connectivity index (χ4n) is 2.02. The van der Waals surface area contributed by atoms with Crippen LogP contribution in [0.5, 0.6) is 5.75 Å². The molecule has 0 atom stereocenters. The van der Waals surface area contributed by atoms with Crippen molar-refractivity contribution >= 4 is 11.5 Å². The Hall–Kier alpha value is -2.69. The number of hydrogen-bond acceptors (Lipinski definition) is 4. The van der Waals surface area contributed by atoms with Crippen LogP contribution in [0.15, 0.2) is 42.5 Å². The summed E-state index contributed by atoms with van der Waals surface area (Å²) in [6, 6.07) is 11.6. The summed E-state index contributed by atoms with van der Waals surface area (Å²) in [5, 5.41) is 10.7. The summed E-state index contributed by atoms with van der Waals surface area (Å²) in [5.74, 6) is 0.355. The van der Waals surface area contributed by atoms with Gasteiger partial charge in [0.2, 0.25) is 0 Å². The van der Waals surface area contributed by atoms with E-state index in [0.29, 0.717) is 16.9 Å². The van der Waals surface area contributed by atoms with E-state index in [9.17, 15) is 14.9 Å². The second-order valence-corrected chi connectivity index (χ2v) is 4.73. The Morgan fingerprint density at radius 3 is 2.48 bits per heavy atom. The first-order valence-corrected chi connectivity index (χ1v) is 6.45. The molecule has 0 unspecified atom stereocenters. The average Bonchev–Trinajstić information content (AvgIpc) is 2.46. The second kappa shape index (κ2) is 6.17. The van der Waals surface area contributed by atoms with Gasteiger partial charge in [-0.25, -0.2) is 0 Å². The summed E-state index contributed by atoms with van der Waals surface area (Å²) in [7, 11) is 0. The fraction of sp³-hybridized carbons (Fsp3) is 0.188. The van der Waals surface area contributed by atoms with Gasteiger partial charge >= 0.3 is 0 Å². The second-order valence-electron chi connectivity index (χ2n) is 4.73. The van der Waals surface area contributed by atoms with Gasteiger partial charge in [-0.15, -0.1) is 0 Å². The Kier molecular flexibility index (Phi) is 4.33. The molecule has 0 aromatic heterocycles. The summed E-state index contributed by atoms with van der Waals surface area (Å²) in [6.07, 6.45) is 0. The molecule has 0 N–H and O–H groups in total. The van der Waals surface area contributed by atoms with E-state index in [4.69, 9.17) is 4.74 Å². The summed E-state index contributed by atoms with van der Waals surface area (Å²) in [4.78, 5) is 22.3. The third-order valence-electron chi connectivity index (χ3n) is 3.17. The normalized spacial score (nSPS) is 10.2. The van der Waals surface area contributed by atoms with E-state index in [1.54, 1.807) is 19.1 Å². The molecule has 5 nitrogen and oxygen atoms in total. The lowest BCUT2D eigenvalue weighted by molar-refractivity contribution is -0.384. The molecule has 5 heteroatoms. The van der Waals surface area contributed by atoms with Crippen LogP contribution in [0.25, 0.3) is 0 Å². The van der Waals surface area contributed by atoms with Gasteiger partial charge < -0.3 is 4.74 Å². The number of benzene rings is 2. The van der Waals surface area contributed by atoms with Crippen molar-refractivity contribution in [1.82, 2.24) is 0 Å². The Balaban J connectivity index is 2.08. The molecular formula is C16H15NO4. The average molecular weight is 285 g/mol. The number of nitro groups is 1. The van der Waals surface area contributed by atoms with Gasteiger partial charge in [0.15, 0.2) is 12.4 Å². The Morgan fingerprint density at radius 2 is 1.86 bits per heavy atom. The fourth-order valence-corrected chi connectivity index (χ4v) is 2.02. The molecule has 0 bridgehead atoms. The molecule has 0 aliphatic rings. The van der Waals surface area contributed by atoms with Crippen LogP contribution in [-0.2, 0) is 0 Å². The van der Waals surface area contributed by atoms with Gasteiger partial charge in [-0.3, -0.25) is 14.9 Å². The van der Waals surface area contributed by atoms with Crippen molar-refractivity contribution in [2.24, 2.45) is 0 Å². The first-order valence-electron chi connectivity index (χ1n) is 6.45. The first kappa shape index (κ1) is 14.7. The highest BCUT2D eigenvalue weighted by atomic mass is 16.6. The molecule has 2 aromatic rings. The number of Topliss-reactive ketones (excluding diaryl/α,β-unsaturated/α-hetero) is 1. The molecule has 2 rings (SSSR count). The highest BCUT2D eigenvalue weighted by molar-refractivity contribution is 5.98. The van der Waals surface area contributed by atoms with Gasteiger partial charge in [0.05, 0.1) is 4.92 Å². The van der Waals surface area contributed by atoms with E-state index in [-0.39, 0.29) is 18.1 Å². The third-order valence-corrected chi connectivity index (χ3v) is 3.17. The summed E-state index contributed by atoms with van der Waals surface area (Å²) < 4.78 is 5.47. The van der Waals surface area contributed by atoms with Crippen LogP contribution in [0.1, 0.15) is 21.5 Å². The van der Waals surface area contributed by atoms with Crippen molar-refractivity contribution in [2.75, 3.05) is 6.61 Å². The highest BCUT2D eigenvalue weighted by Gasteiger charge is 2.12. The predicted octanol–water partition coefficient (Wildman–Crippen LogP) is 3.47. The Bertz CT molecular complexity index is 694. The lowest BCUT2D eigenvalue weighted by atomic mass is 10.1. The maximum absolute atomic E-state index is 12.1. The van der Waals surface area contributed by atoms with Gasteiger partial charge in [0, 0.05) is 17.7 Å². The number of carbonyl (C=O) groups is 1. The molecule has 0 heterocycles. The minimum absolute atomic E-state index is 0.00470. The van der Waals surface area contributed by atoms with Crippen LogP contribution < -0.4 is 4.74 Å². The van der Waals surface area contributed by atoms with Crippen LogP contribution in [0, 0.1) is 24.0 Å². The summed E-state index contributed by atoms with van der Waals surface area (Å²) in [6.45, 7) is 3.48. The number of ether oxygens (including phenoxy) is 1. The van der Waals surface area contributed by atoms with Crippen molar-refractivity contribution < 1.29 is 14.5 Å². The molecule has 0 aliphatic carbocycles. The van der Waals surface area contributed by atoms with E-state index in [2.05, 4.69) is 0 Å². The smallest absolute Gasteiger partial charge is 0.269 e. The number of ketones is 1. The minimum atomic E-state index is -0.463. The monoisotopic (exact) mass is 285 g/mol. The summed E-state index contributed by atoms with van der Waals surface area (Å²) >= 11 is 0. The Morgan fingerprint density at radius 1 is 1.14 bits per heavy atom. The van der Waals surface area contributed by atoms with Gasteiger partial charge in [-0.05, 0) is 31.0 Å². The molecular weight excluding hydrogens is 270 g/mol. The maximum atomic E-state index is 12.1. The zero-order valence-electron chi connectivity index (χ0n) is 11.8. The van der Waals surface area contributed by atoms with Gasteiger partial charge in [0.25, 0.3) is 5.69 Å². The zero-order chi connectivity index (χ0) is 15.4. The van der Waals surface area contributed by atoms with Crippen molar-refractivity contribution in [2.45, 2.75) is 13.8 Å².